The van der Waals surface area contributed by atoms with Gasteiger partial charge in [0.1, 0.15) is 17.5 Å². The van der Waals surface area contributed by atoms with Crippen molar-refractivity contribution in [3.8, 4) is 11.5 Å². The summed E-state index contributed by atoms with van der Waals surface area (Å²) in [6.45, 7) is 1.55. The number of hydrogen-bond acceptors (Lipinski definition) is 5. The lowest BCUT2D eigenvalue weighted by molar-refractivity contribution is -0.139. The maximum atomic E-state index is 11.2. The molecule has 0 radical (unpaired) electrons. The summed E-state index contributed by atoms with van der Waals surface area (Å²) in [5.74, 6) is -1.05. The average Bonchev–Trinajstić information content (AvgIpc) is 2.46. The first-order valence-corrected chi connectivity index (χ1v) is 6.34. The van der Waals surface area contributed by atoms with Gasteiger partial charge in [-0.1, -0.05) is 0 Å². The fraction of sp³-hybridized carbons (Fsp3) is 0.429. The summed E-state index contributed by atoms with van der Waals surface area (Å²) in [6, 6.07) is 4.06. The molecule has 1 atom stereocenters. The Morgan fingerprint density at radius 3 is 2.38 bits per heavy atom. The molecule has 0 aliphatic carbocycles. The van der Waals surface area contributed by atoms with Crippen molar-refractivity contribution in [2.45, 2.75) is 19.4 Å². The van der Waals surface area contributed by atoms with Crippen LogP contribution in [0.5, 0.6) is 11.5 Å². The maximum absolute atomic E-state index is 11.2. The van der Waals surface area contributed by atoms with Crippen LogP contribution >= 0.6 is 0 Å². The molecule has 1 aromatic rings. The minimum Gasteiger partial charge on any atom is -0.497 e. The van der Waals surface area contributed by atoms with Crippen molar-refractivity contribution in [1.82, 2.24) is 0 Å². The molecule has 7 heteroatoms. The summed E-state index contributed by atoms with van der Waals surface area (Å²) in [4.78, 5) is 23.5. The highest BCUT2D eigenvalue weighted by molar-refractivity contribution is 5.79. The highest BCUT2D eigenvalue weighted by Crippen LogP contribution is 2.33. The number of anilines is 1. The van der Waals surface area contributed by atoms with Gasteiger partial charge in [0.25, 0.3) is 0 Å². The normalized spacial score (nSPS) is 11.6. The van der Waals surface area contributed by atoms with E-state index < -0.39 is 18.0 Å². The summed E-state index contributed by atoms with van der Waals surface area (Å²) in [5, 5.41) is 18.0. The third kappa shape index (κ3) is 4.27. The Hall–Kier alpha value is -2.44. The van der Waals surface area contributed by atoms with Gasteiger partial charge in [0, 0.05) is 12.6 Å². The molecule has 0 saturated carbocycles. The predicted octanol–water partition coefficient (Wildman–Crippen LogP) is 1.46. The second-order valence-electron chi connectivity index (χ2n) is 4.39. The molecule has 1 unspecified atom stereocenters. The predicted molar refractivity (Wildman–Crippen MR) is 76.2 cm³/mol. The molecule has 1 rings (SSSR count). The van der Waals surface area contributed by atoms with Crippen molar-refractivity contribution in [2.75, 3.05) is 25.7 Å². The molecular formula is C14H19NO6. The standard InChI is InChI=1S/C14H19NO6/c1-9(14(18)19)15(7-6-13(16)17)11-5-4-10(20-2)8-12(11)21-3/h4-5,8-9H,6-7H2,1-3H3,(H,16,17)(H,18,19). The van der Waals surface area contributed by atoms with Crippen molar-refractivity contribution in [1.29, 1.82) is 0 Å². The van der Waals surface area contributed by atoms with E-state index >= 15 is 0 Å². The lowest BCUT2D eigenvalue weighted by Gasteiger charge is -2.29. The SMILES string of the molecule is COc1ccc(N(CCC(=O)O)C(C)C(=O)O)c(OC)c1. The number of carboxylic acids is 2. The molecule has 0 fully saturated rings. The minimum absolute atomic E-state index is 0.0610. The van der Waals surface area contributed by atoms with Gasteiger partial charge >= 0.3 is 11.9 Å². The molecule has 21 heavy (non-hydrogen) atoms. The van der Waals surface area contributed by atoms with Gasteiger partial charge in [0.05, 0.1) is 26.3 Å². The number of hydrogen-bond donors (Lipinski definition) is 2. The number of methoxy groups -OCH3 is 2. The first-order chi connectivity index (χ1) is 9.90. The lowest BCUT2D eigenvalue weighted by atomic mass is 10.2. The first-order valence-electron chi connectivity index (χ1n) is 6.34. The van der Waals surface area contributed by atoms with E-state index in [2.05, 4.69) is 0 Å². The Morgan fingerprint density at radius 2 is 1.90 bits per heavy atom. The zero-order valence-electron chi connectivity index (χ0n) is 12.2. The van der Waals surface area contributed by atoms with Crippen molar-refractivity contribution < 1.29 is 29.3 Å². The number of benzene rings is 1. The van der Waals surface area contributed by atoms with Crippen LogP contribution in [0.3, 0.4) is 0 Å². The molecule has 0 heterocycles. The van der Waals surface area contributed by atoms with E-state index in [1.165, 1.54) is 26.0 Å². The summed E-state index contributed by atoms with van der Waals surface area (Å²) in [5.41, 5.74) is 0.509. The van der Waals surface area contributed by atoms with E-state index in [0.29, 0.717) is 17.2 Å². The molecule has 116 valence electrons. The number of carboxylic acid groups (broad SMARTS) is 2. The van der Waals surface area contributed by atoms with Crippen molar-refractivity contribution in [3.63, 3.8) is 0 Å². The van der Waals surface area contributed by atoms with Crippen LogP contribution in [0.4, 0.5) is 5.69 Å². The third-order valence-corrected chi connectivity index (χ3v) is 3.09. The molecule has 0 aliphatic heterocycles. The highest BCUT2D eigenvalue weighted by Gasteiger charge is 2.24. The second-order valence-corrected chi connectivity index (χ2v) is 4.39. The Bertz CT molecular complexity index is 516. The Balaban J connectivity index is 3.17. The van der Waals surface area contributed by atoms with Crippen LogP contribution in [0.25, 0.3) is 0 Å². The van der Waals surface area contributed by atoms with Crippen molar-refractivity contribution >= 4 is 17.6 Å². The molecule has 0 amide bonds. The third-order valence-electron chi connectivity index (χ3n) is 3.09. The Morgan fingerprint density at radius 1 is 1.24 bits per heavy atom. The van der Waals surface area contributed by atoms with Crippen LogP contribution in [0.2, 0.25) is 0 Å². The summed E-state index contributed by atoms with van der Waals surface area (Å²) < 4.78 is 10.3. The second kappa shape index (κ2) is 7.37. The first kappa shape index (κ1) is 16.6. The zero-order chi connectivity index (χ0) is 16.0. The van der Waals surface area contributed by atoms with E-state index in [1.54, 1.807) is 18.2 Å². The Labute approximate surface area is 122 Å². The molecule has 0 spiro atoms. The van der Waals surface area contributed by atoms with Crippen molar-refractivity contribution in [2.24, 2.45) is 0 Å². The molecule has 7 nitrogen and oxygen atoms in total. The van der Waals surface area contributed by atoms with Gasteiger partial charge in [-0.15, -0.1) is 0 Å². The van der Waals surface area contributed by atoms with Crippen LogP contribution in [0, 0.1) is 0 Å². The fourth-order valence-corrected chi connectivity index (χ4v) is 1.89. The van der Waals surface area contributed by atoms with Crippen LogP contribution in [-0.2, 0) is 9.59 Å². The van der Waals surface area contributed by atoms with Crippen LogP contribution < -0.4 is 14.4 Å². The summed E-state index contributed by atoms with van der Waals surface area (Å²) in [6.07, 6.45) is -0.174. The molecular weight excluding hydrogens is 278 g/mol. The molecule has 1 aromatic carbocycles. The number of rotatable bonds is 8. The number of ether oxygens (including phenoxy) is 2. The topological polar surface area (TPSA) is 96.3 Å². The molecule has 0 saturated heterocycles. The van der Waals surface area contributed by atoms with Crippen molar-refractivity contribution in [3.05, 3.63) is 18.2 Å². The van der Waals surface area contributed by atoms with Gasteiger partial charge in [-0.3, -0.25) is 4.79 Å². The lowest BCUT2D eigenvalue weighted by Crippen LogP contribution is -2.40. The minimum atomic E-state index is -1.04. The smallest absolute Gasteiger partial charge is 0.326 e. The number of nitrogens with zero attached hydrogens (tertiary/aromatic N) is 1. The summed E-state index contributed by atoms with van der Waals surface area (Å²) in [7, 11) is 2.97. The van der Waals surface area contributed by atoms with E-state index in [1.807, 2.05) is 0 Å². The zero-order valence-corrected chi connectivity index (χ0v) is 12.2. The molecule has 0 aromatic heterocycles. The fourth-order valence-electron chi connectivity index (χ4n) is 1.89. The maximum Gasteiger partial charge on any atom is 0.326 e. The van der Waals surface area contributed by atoms with Crippen LogP contribution in [0.1, 0.15) is 13.3 Å². The monoisotopic (exact) mass is 297 g/mol. The molecule has 2 N–H and O–H groups in total. The van der Waals surface area contributed by atoms with Crippen LogP contribution in [-0.4, -0.2) is 49.0 Å². The average molecular weight is 297 g/mol. The van der Waals surface area contributed by atoms with Gasteiger partial charge in [-0.2, -0.15) is 0 Å². The number of carbonyl (C=O) groups is 2. The van der Waals surface area contributed by atoms with E-state index in [0.717, 1.165) is 0 Å². The van der Waals surface area contributed by atoms with E-state index in [4.69, 9.17) is 14.6 Å². The largest absolute Gasteiger partial charge is 0.497 e. The van der Waals surface area contributed by atoms with Gasteiger partial charge < -0.3 is 24.6 Å². The molecule has 0 aliphatic rings. The van der Waals surface area contributed by atoms with E-state index in [9.17, 15) is 14.7 Å². The van der Waals surface area contributed by atoms with E-state index in [-0.39, 0.29) is 13.0 Å². The van der Waals surface area contributed by atoms with Gasteiger partial charge in [0.15, 0.2) is 0 Å². The van der Waals surface area contributed by atoms with Gasteiger partial charge in [-0.25, -0.2) is 4.79 Å². The quantitative estimate of drug-likeness (QED) is 0.749. The highest BCUT2D eigenvalue weighted by atomic mass is 16.5. The Kier molecular flexibility index (Phi) is 5.83. The van der Waals surface area contributed by atoms with Crippen LogP contribution in [0.15, 0.2) is 18.2 Å². The number of aliphatic carboxylic acids is 2. The summed E-state index contributed by atoms with van der Waals surface area (Å²) >= 11 is 0. The van der Waals surface area contributed by atoms with Gasteiger partial charge in [-0.05, 0) is 19.1 Å². The molecule has 0 bridgehead atoms. The van der Waals surface area contributed by atoms with Gasteiger partial charge in [0.2, 0.25) is 0 Å².